The third-order valence-electron chi connectivity index (χ3n) is 3.62. The molecule has 0 radical (unpaired) electrons. The molecular formula is C15H17F4NO2. The van der Waals surface area contributed by atoms with Crippen LogP contribution in [0.3, 0.4) is 0 Å². The molecule has 22 heavy (non-hydrogen) atoms. The SMILES string of the molecule is CCNC(CC(F)(F)F)C(O)(CF)c1ccc2ccoc2c1. The van der Waals surface area contributed by atoms with Crippen LogP contribution in [-0.4, -0.2) is 30.5 Å². The number of furan rings is 1. The summed E-state index contributed by atoms with van der Waals surface area (Å²) in [6.07, 6.45) is -4.44. The first kappa shape index (κ1) is 16.8. The van der Waals surface area contributed by atoms with E-state index in [-0.39, 0.29) is 12.1 Å². The molecule has 2 unspecified atom stereocenters. The highest BCUT2D eigenvalue weighted by molar-refractivity contribution is 5.77. The number of hydrogen-bond donors (Lipinski definition) is 2. The summed E-state index contributed by atoms with van der Waals surface area (Å²) in [7, 11) is 0. The summed E-state index contributed by atoms with van der Waals surface area (Å²) < 4.78 is 56.8. The van der Waals surface area contributed by atoms with Crippen LogP contribution < -0.4 is 5.32 Å². The largest absolute Gasteiger partial charge is 0.464 e. The third-order valence-corrected chi connectivity index (χ3v) is 3.62. The lowest BCUT2D eigenvalue weighted by Gasteiger charge is -2.35. The summed E-state index contributed by atoms with van der Waals surface area (Å²) in [5.41, 5.74) is -1.86. The van der Waals surface area contributed by atoms with Crippen LogP contribution in [0.25, 0.3) is 11.0 Å². The van der Waals surface area contributed by atoms with Crippen molar-refractivity contribution in [1.82, 2.24) is 5.32 Å². The molecule has 2 rings (SSSR count). The lowest BCUT2D eigenvalue weighted by molar-refractivity contribution is -0.159. The van der Waals surface area contributed by atoms with Gasteiger partial charge in [-0.1, -0.05) is 19.1 Å². The topological polar surface area (TPSA) is 45.4 Å². The summed E-state index contributed by atoms with van der Waals surface area (Å²) in [5.74, 6) is 0. The second kappa shape index (κ2) is 6.26. The molecule has 3 nitrogen and oxygen atoms in total. The molecule has 0 aliphatic heterocycles. The third kappa shape index (κ3) is 3.41. The Kier molecular flexibility index (Phi) is 4.77. The van der Waals surface area contributed by atoms with E-state index in [0.29, 0.717) is 5.58 Å². The lowest BCUT2D eigenvalue weighted by atomic mass is 9.85. The van der Waals surface area contributed by atoms with E-state index in [4.69, 9.17) is 4.42 Å². The molecule has 2 atom stereocenters. The van der Waals surface area contributed by atoms with E-state index in [1.54, 1.807) is 19.1 Å². The smallest absolute Gasteiger partial charge is 0.390 e. The Morgan fingerprint density at radius 2 is 2.00 bits per heavy atom. The minimum Gasteiger partial charge on any atom is -0.464 e. The first-order valence-corrected chi connectivity index (χ1v) is 6.86. The van der Waals surface area contributed by atoms with Crippen molar-refractivity contribution in [1.29, 1.82) is 0 Å². The monoisotopic (exact) mass is 319 g/mol. The van der Waals surface area contributed by atoms with Gasteiger partial charge in [-0.05, 0) is 24.2 Å². The standard InChI is InChI=1S/C15H17F4NO2/c1-2-20-13(8-15(17,18)19)14(21,9-16)11-4-3-10-5-6-22-12(10)7-11/h3-7,13,20-21H,2,8-9H2,1H3. The van der Waals surface area contributed by atoms with Gasteiger partial charge in [-0.2, -0.15) is 13.2 Å². The van der Waals surface area contributed by atoms with Crippen molar-refractivity contribution in [2.75, 3.05) is 13.2 Å². The number of fused-ring (bicyclic) bond motifs is 1. The molecule has 0 aliphatic rings. The number of nitrogens with one attached hydrogen (secondary N) is 1. The molecule has 1 aromatic carbocycles. The van der Waals surface area contributed by atoms with E-state index >= 15 is 0 Å². The van der Waals surface area contributed by atoms with Gasteiger partial charge in [-0.15, -0.1) is 0 Å². The number of aliphatic hydroxyl groups is 1. The quantitative estimate of drug-likeness (QED) is 0.801. The molecule has 122 valence electrons. The second-order valence-electron chi connectivity index (χ2n) is 5.16. The van der Waals surface area contributed by atoms with Crippen LogP contribution in [-0.2, 0) is 5.60 Å². The molecule has 0 saturated heterocycles. The van der Waals surface area contributed by atoms with Gasteiger partial charge in [0.25, 0.3) is 0 Å². The molecule has 2 N–H and O–H groups in total. The molecule has 7 heteroatoms. The van der Waals surface area contributed by atoms with Crippen molar-refractivity contribution < 1.29 is 27.1 Å². The lowest BCUT2D eigenvalue weighted by Crippen LogP contribution is -2.52. The molecule has 0 saturated carbocycles. The Bertz CT molecular complexity index is 625. The van der Waals surface area contributed by atoms with Crippen molar-refractivity contribution >= 4 is 11.0 Å². The maximum Gasteiger partial charge on any atom is 0.390 e. The molecule has 1 aromatic heterocycles. The van der Waals surface area contributed by atoms with Gasteiger partial charge in [0.1, 0.15) is 17.9 Å². The van der Waals surface area contributed by atoms with E-state index in [0.717, 1.165) is 5.39 Å². The van der Waals surface area contributed by atoms with Gasteiger partial charge in [0.05, 0.1) is 18.7 Å². The fourth-order valence-electron chi connectivity index (χ4n) is 2.48. The van der Waals surface area contributed by atoms with Crippen LogP contribution >= 0.6 is 0 Å². The highest BCUT2D eigenvalue weighted by atomic mass is 19.4. The number of rotatable bonds is 6. The number of alkyl halides is 4. The molecule has 0 amide bonds. The maximum absolute atomic E-state index is 13.5. The highest BCUT2D eigenvalue weighted by Gasteiger charge is 2.45. The molecule has 0 spiro atoms. The van der Waals surface area contributed by atoms with Gasteiger partial charge in [0, 0.05) is 5.39 Å². The zero-order chi connectivity index (χ0) is 16.4. The summed E-state index contributed by atoms with van der Waals surface area (Å²) in [6, 6.07) is 4.54. The van der Waals surface area contributed by atoms with Gasteiger partial charge < -0.3 is 14.8 Å². The Balaban J connectivity index is 2.42. The Morgan fingerprint density at radius 3 is 2.59 bits per heavy atom. The summed E-state index contributed by atoms with van der Waals surface area (Å²) >= 11 is 0. The summed E-state index contributed by atoms with van der Waals surface area (Å²) in [5, 5.41) is 13.8. The van der Waals surface area contributed by atoms with E-state index in [1.165, 1.54) is 18.4 Å². The highest BCUT2D eigenvalue weighted by Crippen LogP contribution is 2.34. The van der Waals surface area contributed by atoms with Crippen LogP contribution in [0.5, 0.6) is 0 Å². The predicted octanol–water partition coefficient (Wildman–Crippen LogP) is 3.52. The minimum absolute atomic E-state index is 0.0488. The van der Waals surface area contributed by atoms with Crippen molar-refractivity contribution in [3.63, 3.8) is 0 Å². The summed E-state index contributed by atoms with van der Waals surface area (Å²) in [6.45, 7) is 0.427. The van der Waals surface area contributed by atoms with Crippen molar-refractivity contribution in [3.05, 3.63) is 36.1 Å². The van der Waals surface area contributed by atoms with E-state index < -0.39 is 30.9 Å². The van der Waals surface area contributed by atoms with Gasteiger partial charge in [0.2, 0.25) is 0 Å². The van der Waals surface area contributed by atoms with Crippen molar-refractivity contribution in [3.8, 4) is 0 Å². The predicted molar refractivity (Wildman–Crippen MR) is 74.2 cm³/mol. The van der Waals surface area contributed by atoms with E-state index in [9.17, 15) is 22.7 Å². The van der Waals surface area contributed by atoms with Crippen LogP contribution in [0.4, 0.5) is 17.6 Å². The normalized spacial score (nSPS) is 16.6. The fourth-order valence-corrected chi connectivity index (χ4v) is 2.48. The van der Waals surface area contributed by atoms with Crippen molar-refractivity contribution in [2.45, 2.75) is 31.2 Å². The summed E-state index contributed by atoms with van der Waals surface area (Å²) in [4.78, 5) is 0. The number of halogens is 4. The van der Waals surface area contributed by atoms with Gasteiger partial charge in [-0.3, -0.25) is 0 Å². The Hall–Kier alpha value is -1.60. The zero-order valence-electron chi connectivity index (χ0n) is 12.0. The van der Waals surface area contributed by atoms with E-state index in [2.05, 4.69) is 5.32 Å². The average molecular weight is 319 g/mol. The zero-order valence-corrected chi connectivity index (χ0v) is 12.0. The van der Waals surface area contributed by atoms with Gasteiger partial charge in [0.15, 0.2) is 0 Å². The number of benzene rings is 1. The molecule has 0 bridgehead atoms. The Morgan fingerprint density at radius 1 is 1.27 bits per heavy atom. The van der Waals surface area contributed by atoms with E-state index in [1.807, 2.05) is 0 Å². The van der Waals surface area contributed by atoms with Gasteiger partial charge >= 0.3 is 6.18 Å². The number of likely N-dealkylation sites (N-methyl/N-ethyl adjacent to an activating group) is 1. The van der Waals surface area contributed by atoms with Crippen LogP contribution in [0.15, 0.2) is 34.9 Å². The van der Waals surface area contributed by atoms with Crippen LogP contribution in [0.1, 0.15) is 18.9 Å². The maximum atomic E-state index is 13.5. The second-order valence-corrected chi connectivity index (χ2v) is 5.16. The van der Waals surface area contributed by atoms with Crippen molar-refractivity contribution in [2.24, 2.45) is 0 Å². The molecule has 1 heterocycles. The van der Waals surface area contributed by atoms with Gasteiger partial charge in [-0.25, -0.2) is 4.39 Å². The fraction of sp³-hybridized carbons (Fsp3) is 0.467. The first-order chi connectivity index (χ1) is 10.3. The van der Waals surface area contributed by atoms with Crippen LogP contribution in [0.2, 0.25) is 0 Å². The Labute approximate surface area is 124 Å². The number of hydrogen-bond acceptors (Lipinski definition) is 3. The van der Waals surface area contributed by atoms with Crippen LogP contribution in [0, 0.1) is 0 Å². The average Bonchev–Trinajstić information content (AvgIpc) is 2.92. The molecule has 0 aliphatic carbocycles. The molecular weight excluding hydrogens is 302 g/mol. The molecule has 2 aromatic rings. The first-order valence-electron chi connectivity index (χ1n) is 6.86. The minimum atomic E-state index is -4.52. The molecule has 0 fully saturated rings.